The molecule has 1 saturated carbocycles. The molecule has 1 aliphatic carbocycles. The van der Waals surface area contributed by atoms with Gasteiger partial charge in [-0.25, -0.2) is 4.98 Å². The topological polar surface area (TPSA) is 44.0 Å². The Morgan fingerprint density at radius 3 is 2.83 bits per heavy atom. The first-order chi connectivity index (χ1) is 11.8. The van der Waals surface area contributed by atoms with Crippen LogP contribution in [0.15, 0.2) is 24.3 Å². The zero-order valence-electron chi connectivity index (χ0n) is 14.6. The van der Waals surface area contributed by atoms with Crippen molar-refractivity contribution in [3.63, 3.8) is 0 Å². The molecule has 0 amide bonds. The highest BCUT2D eigenvalue weighted by atomic mass is 32.1. The molecule has 1 heterocycles. The molecule has 2 N–H and O–H groups in total. The first-order valence-electron chi connectivity index (χ1n) is 9.26. The number of thiocarbonyl (C=S) groups is 1. The van der Waals surface area contributed by atoms with Gasteiger partial charge in [0.2, 0.25) is 0 Å². The van der Waals surface area contributed by atoms with E-state index in [0.29, 0.717) is 6.04 Å². The van der Waals surface area contributed by atoms with Crippen LogP contribution in [0.25, 0.3) is 11.0 Å². The van der Waals surface area contributed by atoms with Gasteiger partial charge in [-0.1, -0.05) is 38.3 Å². The molecule has 1 aliphatic rings. The molecule has 4 nitrogen and oxygen atoms in total. The van der Waals surface area contributed by atoms with Gasteiger partial charge in [-0.15, -0.1) is 0 Å². The maximum atomic E-state index is 5.69. The zero-order chi connectivity index (χ0) is 16.8. The highest BCUT2D eigenvalue weighted by Gasteiger charge is 2.22. The summed E-state index contributed by atoms with van der Waals surface area (Å²) < 4.78 is 0. The molecule has 5 heteroatoms. The zero-order valence-corrected chi connectivity index (χ0v) is 15.4. The van der Waals surface area contributed by atoms with Crippen LogP contribution in [0.2, 0.25) is 0 Å². The number of aromatic nitrogens is 2. The van der Waals surface area contributed by atoms with E-state index in [1.165, 1.54) is 32.1 Å². The van der Waals surface area contributed by atoms with Crippen LogP contribution in [-0.4, -0.2) is 39.1 Å². The summed E-state index contributed by atoms with van der Waals surface area (Å²) in [6.45, 7) is 4.11. The number of imidazole rings is 1. The van der Waals surface area contributed by atoms with Crippen LogP contribution in [0, 0.1) is 0 Å². The van der Waals surface area contributed by atoms with Gasteiger partial charge in [0, 0.05) is 25.6 Å². The Labute approximate surface area is 150 Å². The van der Waals surface area contributed by atoms with Crippen LogP contribution in [-0.2, 0) is 6.42 Å². The Kier molecular flexibility index (Phi) is 6.07. The number of rotatable bonds is 6. The average Bonchev–Trinajstić information content (AvgIpc) is 3.03. The monoisotopic (exact) mass is 344 g/mol. The number of fused-ring (bicyclic) bond motifs is 1. The number of nitrogens with one attached hydrogen (secondary N) is 2. The highest BCUT2D eigenvalue weighted by molar-refractivity contribution is 7.80. The molecule has 1 aromatic carbocycles. The van der Waals surface area contributed by atoms with Crippen molar-refractivity contribution in [2.45, 2.75) is 57.9 Å². The fraction of sp³-hybridized carbons (Fsp3) is 0.579. The molecule has 1 fully saturated rings. The number of para-hydroxylation sites is 2. The quantitative estimate of drug-likeness (QED) is 0.777. The highest BCUT2D eigenvalue weighted by Crippen LogP contribution is 2.23. The summed E-state index contributed by atoms with van der Waals surface area (Å²) in [6.07, 6.45) is 8.62. The molecular weight excluding hydrogens is 316 g/mol. The molecule has 3 rings (SSSR count). The number of hydrogen-bond acceptors (Lipinski definition) is 2. The van der Waals surface area contributed by atoms with Gasteiger partial charge in [0.25, 0.3) is 0 Å². The van der Waals surface area contributed by atoms with Crippen molar-refractivity contribution in [2.75, 3.05) is 13.1 Å². The Morgan fingerprint density at radius 2 is 2.08 bits per heavy atom. The molecule has 0 bridgehead atoms. The smallest absolute Gasteiger partial charge is 0.169 e. The van der Waals surface area contributed by atoms with Crippen molar-refractivity contribution in [2.24, 2.45) is 0 Å². The first-order valence-corrected chi connectivity index (χ1v) is 9.67. The second-order valence-electron chi connectivity index (χ2n) is 6.67. The van der Waals surface area contributed by atoms with E-state index < -0.39 is 0 Å². The van der Waals surface area contributed by atoms with Crippen LogP contribution in [0.4, 0.5) is 0 Å². The van der Waals surface area contributed by atoms with E-state index in [1.54, 1.807) is 0 Å². The van der Waals surface area contributed by atoms with Crippen molar-refractivity contribution in [3.8, 4) is 0 Å². The summed E-state index contributed by atoms with van der Waals surface area (Å²) in [5.74, 6) is 1.02. The Morgan fingerprint density at radius 1 is 1.29 bits per heavy atom. The number of aromatic amines is 1. The second-order valence-corrected chi connectivity index (χ2v) is 7.05. The van der Waals surface area contributed by atoms with Gasteiger partial charge in [0.05, 0.1) is 11.0 Å². The van der Waals surface area contributed by atoms with E-state index in [1.807, 2.05) is 18.2 Å². The molecule has 0 aliphatic heterocycles. The van der Waals surface area contributed by atoms with Gasteiger partial charge in [-0.05, 0) is 43.6 Å². The molecule has 0 spiro atoms. The van der Waals surface area contributed by atoms with Gasteiger partial charge in [0.15, 0.2) is 5.11 Å². The Hall–Kier alpha value is -1.62. The van der Waals surface area contributed by atoms with Crippen LogP contribution < -0.4 is 5.32 Å². The van der Waals surface area contributed by atoms with Crippen LogP contribution in [0.1, 0.15) is 51.3 Å². The van der Waals surface area contributed by atoms with Crippen molar-refractivity contribution < 1.29 is 0 Å². The minimum absolute atomic E-state index is 0.630. The summed E-state index contributed by atoms with van der Waals surface area (Å²) in [6, 6.07) is 8.79. The van der Waals surface area contributed by atoms with E-state index in [0.717, 1.165) is 47.9 Å². The minimum atomic E-state index is 0.630. The minimum Gasteiger partial charge on any atom is -0.362 e. The second kappa shape index (κ2) is 8.47. The van der Waals surface area contributed by atoms with Gasteiger partial charge in [-0.3, -0.25) is 0 Å². The molecule has 24 heavy (non-hydrogen) atoms. The largest absolute Gasteiger partial charge is 0.362 e. The first kappa shape index (κ1) is 17.2. The summed E-state index contributed by atoms with van der Waals surface area (Å²) >= 11 is 5.69. The van der Waals surface area contributed by atoms with E-state index in [-0.39, 0.29) is 0 Å². The molecule has 130 valence electrons. The SMILES string of the molecule is CCCN(C(=S)NCCc1nc2ccccc2[nH]1)C1CCCCC1. The summed E-state index contributed by atoms with van der Waals surface area (Å²) in [5.41, 5.74) is 2.13. The lowest BCUT2D eigenvalue weighted by molar-refractivity contribution is 0.241. The lowest BCUT2D eigenvalue weighted by atomic mass is 9.94. The molecule has 0 saturated heterocycles. The van der Waals surface area contributed by atoms with Crippen LogP contribution >= 0.6 is 12.2 Å². The lowest BCUT2D eigenvalue weighted by Gasteiger charge is -2.36. The number of hydrogen-bond donors (Lipinski definition) is 2. The normalized spacial score (nSPS) is 15.5. The van der Waals surface area contributed by atoms with Crippen molar-refractivity contribution in [1.82, 2.24) is 20.2 Å². The summed E-state index contributed by atoms with van der Waals surface area (Å²) in [4.78, 5) is 10.4. The van der Waals surface area contributed by atoms with Crippen molar-refractivity contribution in [1.29, 1.82) is 0 Å². The number of nitrogens with zero attached hydrogens (tertiary/aromatic N) is 2. The average molecular weight is 345 g/mol. The van der Waals surface area contributed by atoms with Crippen molar-refractivity contribution in [3.05, 3.63) is 30.1 Å². The number of H-pyrrole nitrogens is 1. The summed E-state index contributed by atoms with van der Waals surface area (Å²) in [5, 5.41) is 4.37. The third-order valence-electron chi connectivity index (χ3n) is 4.82. The standard InChI is InChI=1S/C19H28N4S/c1-2-14-23(15-8-4-3-5-9-15)19(24)20-13-12-18-21-16-10-6-7-11-17(16)22-18/h6-7,10-11,15H,2-5,8-9,12-14H2,1H3,(H,20,24)(H,21,22). The maximum Gasteiger partial charge on any atom is 0.169 e. The van der Waals surface area contributed by atoms with E-state index in [4.69, 9.17) is 12.2 Å². The lowest BCUT2D eigenvalue weighted by Crippen LogP contribution is -2.47. The van der Waals surface area contributed by atoms with E-state index in [2.05, 4.69) is 33.2 Å². The molecular formula is C19H28N4S. The Bertz CT molecular complexity index is 627. The van der Waals surface area contributed by atoms with E-state index >= 15 is 0 Å². The fourth-order valence-corrected chi connectivity index (χ4v) is 3.94. The third kappa shape index (κ3) is 4.26. The van der Waals surface area contributed by atoms with Gasteiger partial charge >= 0.3 is 0 Å². The summed E-state index contributed by atoms with van der Waals surface area (Å²) in [7, 11) is 0. The van der Waals surface area contributed by atoms with Gasteiger partial charge in [-0.2, -0.15) is 0 Å². The van der Waals surface area contributed by atoms with Crippen molar-refractivity contribution >= 4 is 28.4 Å². The molecule has 2 aromatic rings. The molecule has 0 radical (unpaired) electrons. The molecule has 0 unspecified atom stereocenters. The Balaban J connectivity index is 1.52. The fourth-order valence-electron chi connectivity index (χ4n) is 3.60. The van der Waals surface area contributed by atoms with Gasteiger partial charge in [0.1, 0.15) is 5.82 Å². The van der Waals surface area contributed by atoms with Gasteiger partial charge < -0.3 is 15.2 Å². The molecule has 1 aromatic heterocycles. The van der Waals surface area contributed by atoms with Crippen LogP contribution in [0.3, 0.4) is 0 Å². The third-order valence-corrected chi connectivity index (χ3v) is 5.20. The molecule has 0 atom stereocenters. The maximum absolute atomic E-state index is 5.69. The van der Waals surface area contributed by atoms with E-state index in [9.17, 15) is 0 Å². The number of benzene rings is 1. The predicted molar refractivity (Wildman–Crippen MR) is 104 cm³/mol. The predicted octanol–water partition coefficient (Wildman–Crippen LogP) is 4.02. The van der Waals surface area contributed by atoms with Crippen LogP contribution in [0.5, 0.6) is 0 Å².